The Bertz CT molecular complexity index is 1110. The average molecular weight is 434 g/mol. The van der Waals surface area contributed by atoms with Gasteiger partial charge in [-0.1, -0.05) is 11.3 Å². The maximum atomic E-state index is 12.4. The first kappa shape index (κ1) is 19.5. The van der Waals surface area contributed by atoms with Gasteiger partial charge in [-0.2, -0.15) is 0 Å². The summed E-state index contributed by atoms with van der Waals surface area (Å²) in [6.07, 6.45) is -0.174. The van der Waals surface area contributed by atoms with Gasteiger partial charge in [0.1, 0.15) is 19.0 Å². The molecule has 1 aliphatic rings. The van der Waals surface area contributed by atoms with Gasteiger partial charge >= 0.3 is 0 Å². The molecule has 0 fully saturated rings. The van der Waals surface area contributed by atoms with Crippen molar-refractivity contribution < 1.29 is 27.4 Å². The van der Waals surface area contributed by atoms with E-state index in [2.05, 4.69) is 10.3 Å². The molecule has 4 rings (SSSR count). The number of carbonyl (C=O) groups is 1. The van der Waals surface area contributed by atoms with Crippen LogP contribution in [0.3, 0.4) is 0 Å². The van der Waals surface area contributed by atoms with Crippen LogP contribution in [0.1, 0.15) is 6.42 Å². The van der Waals surface area contributed by atoms with E-state index in [0.29, 0.717) is 41.1 Å². The Balaban J connectivity index is 1.41. The summed E-state index contributed by atoms with van der Waals surface area (Å²) in [6, 6.07) is 9.66. The molecule has 2 aromatic carbocycles. The van der Waals surface area contributed by atoms with Gasteiger partial charge in [-0.3, -0.25) is 4.79 Å². The molecular formula is C19H18N2O6S2. The fraction of sp³-hybridized carbons (Fsp3) is 0.263. The molecule has 1 aliphatic heterocycles. The maximum Gasteiger partial charge on any atom is 0.227 e. The third-order valence-electron chi connectivity index (χ3n) is 4.32. The van der Waals surface area contributed by atoms with Crippen LogP contribution in [0.2, 0.25) is 0 Å². The lowest BCUT2D eigenvalue weighted by Crippen LogP contribution is -2.17. The lowest BCUT2D eigenvalue weighted by molar-refractivity contribution is -0.115. The highest BCUT2D eigenvalue weighted by Crippen LogP contribution is 2.37. The number of nitrogens with one attached hydrogen (secondary N) is 1. The molecule has 0 saturated carbocycles. The van der Waals surface area contributed by atoms with Crippen molar-refractivity contribution in [1.82, 2.24) is 4.98 Å². The lowest BCUT2D eigenvalue weighted by atomic mass is 10.3. The molecule has 2 heterocycles. The van der Waals surface area contributed by atoms with Gasteiger partial charge in [-0.25, -0.2) is 13.4 Å². The number of hydrogen-bond donors (Lipinski definition) is 1. The number of rotatable bonds is 6. The van der Waals surface area contributed by atoms with Crippen LogP contribution in [0.4, 0.5) is 5.13 Å². The summed E-state index contributed by atoms with van der Waals surface area (Å²) < 4.78 is 41.8. The maximum absolute atomic E-state index is 12.4. The number of sulfone groups is 1. The van der Waals surface area contributed by atoms with E-state index in [-0.39, 0.29) is 17.1 Å². The van der Waals surface area contributed by atoms with Crippen molar-refractivity contribution in [3.8, 4) is 17.2 Å². The number of thiazole rings is 1. The highest BCUT2D eigenvalue weighted by molar-refractivity contribution is 7.91. The zero-order valence-corrected chi connectivity index (χ0v) is 17.1. The molecule has 152 valence electrons. The summed E-state index contributed by atoms with van der Waals surface area (Å²) in [5.74, 6) is 1.12. The van der Waals surface area contributed by atoms with E-state index in [0.717, 1.165) is 4.70 Å². The molecule has 1 aromatic heterocycles. The van der Waals surface area contributed by atoms with E-state index in [1.54, 1.807) is 18.2 Å². The van der Waals surface area contributed by atoms with Crippen molar-refractivity contribution in [3.05, 3.63) is 36.4 Å². The molecule has 0 bridgehead atoms. The third-order valence-corrected chi connectivity index (χ3v) is 6.98. The van der Waals surface area contributed by atoms with Gasteiger partial charge in [-0.05, 0) is 24.3 Å². The normalized spacial score (nSPS) is 13.3. The van der Waals surface area contributed by atoms with E-state index in [4.69, 9.17) is 14.2 Å². The molecule has 0 aliphatic carbocycles. The highest BCUT2D eigenvalue weighted by atomic mass is 32.2. The van der Waals surface area contributed by atoms with E-state index < -0.39 is 15.7 Å². The molecule has 0 saturated heterocycles. The predicted molar refractivity (Wildman–Crippen MR) is 109 cm³/mol. The Labute approximate surface area is 171 Å². The van der Waals surface area contributed by atoms with Crippen LogP contribution in [0.5, 0.6) is 17.2 Å². The number of aromatic nitrogens is 1. The fourth-order valence-electron chi connectivity index (χ4n) is 2.83. The molecule has 0 atom stereocenters. The van der Waals surface area contributed by atoms with Gasteiger partial charge in [0.25, 0.3) is 0 Å². The van der Waals surface area contributed by atoms with Crippen LogP contribution in [0.15, 0.2) is 41.3 Å². The van der Waals surface area contributed by atoms with Gasteiger partial charge in [-0.15, -0.1) is 0 Å². The number of hydrogen-bond acceptors (Lipinski definition) is 8. The molecule has 29 heavy (non-hydrogen) atoms. The summed E-state index contributed by atoms with van der Waals surface area (Å²) in [4.78, 5) is 16.8. The van der Waals surface area contributed by atoms with Crippen LogP contribution in [0.25, 0.3) is 10.2 Å². The Kier molecular flexibility index (Phi) is 5.29. The quantitative estimate of drug-likeness (QED) is 0.636. The van der Waals surface area contributed by atoms with Crippen LogP contribution in [-0.4, -0.2) is 45.4 Å². The van der Waals surface area contributed by atoms with Gasteiger partial charge < -0.3 is 19.5 Å². The van der Waals surface area contributed by atoms with Crippen LogP contribution >= 0.6 is 11.3 Å². The first-order valence-corrected chi connectivity index (χ1v) is 11.3. The number of carbonyl (C=O) groups excluding carboxylic acids is 1. The molecule has 0 spiro atoms. The van der Waals surface area contributed by atoms with Crippen molar-refractivity contribution in [1.29, 1.82) is 0 Å². The number of ether oxygens (including phenoxy) is 3. The number of methoxy groups -OCH3 is 1. The average Bonchev–Trinajstić information content (AvgIpc) is 3.11. The summed E-state index contributed by atoms with van der Waals surface area (Å²) >= 11 is 1.29. The molecule has 1 amide bonds. The minimum Gasteiger partial charge on any atom is -0.497 e. The summed E-state index contributed by atoms with van der Waals surface area (Å²) in [5.41, 5.74) is 0.681. The molecular weight excluding hydrogens is 416 g/mol. The second kappa shape index (κ2) is 7.88. The SMILES string of the molecule is COc1ccc(S(=O)(=O)CCC(=O)Nc2nc3cc4c(cc3s2)OCCO4)cc1. The van der Waals surface area contributed by atoms with E-state index in [1.165, 1.54) is 30.6 Å². The van der Waals surface area contributed by atoms with Gasteiger partial charge in [0.15, 0.2) is 26.5 Å². The molecule has 0 radical (unpaired) electrons. The van der Waals surface area contributed by atoms with Crippen LogP contribution in [0, 0.1) is 0 Å². The minimum absolute atomic E-state index is 0.150. The number of nitrogens with zero attached hydrogens (tertiary/aromatic N) is 1. The van der Waals surface area contributed by atoms with Gasteiger partial charge in [0.05, 0.1) is 28.0 Å². The zero-order chi connectivity index (χ0) is 20.4. The van der Waals surface area contributed by atoms with Crippen molar-refractivity contribution in [3.63, 3.8) is 0 Å². The second-order valence-electron chi connectivity index (χ2n) is 6.28. The topological polar surface area (TPSA) is 104 Å². The summed E-state index contributed by atoms with van der Waals surface area (Å²) in [7, 11) is -2.07. The number of fused-ring (bicyclic) bond motifs is 2. The molecule has 8 nitrogen and oxygen atoms in total. The van der Waals surface area contributed by atoms with Crippen molar-refractivity contribution in [2.24, 2.45) is 0 Å². The number of benzene rings is 2. The largest absolute Gasteiger partial charge is 0.497 e. The molecule has 3 aromatic rings. The Morgan fingerprint density at radius 2 is 1.86 bits per heavy atom. The van der Waals surface area contributed by atoms with E-state index in [1.807, 2.05) is 6.07 Å². The Morgan fingerprint density at radius 3 is 2.55 bits per heavy atom. The van der Waals surface area contributed by atoms with Crippen molar-refractivity contribution in [2.75, 3.05) is 31.4 Å². The standard InChI is InChI=1S/C19H18N2O6S2/c1-25-12-2-4-13(5-3-12)29(23,24)9-6-18(22)21-19-20-14-10-15-16(11-17(14)28-19)27-8-7-26-15/h2-5,10-11H,6-9H2,1H3,(H,20,21,22). The van der Waals surface area contributed by atoms with Gasteiger partial charge in [0.2, 0.25) is 5.91 Å². The minimum atomic E-state index is -3.57. The zero-order valence-electron chi connectivity index (χ0n) is 15.5. The summed E-state index contributed by atoms with van der Waals surface area (Å²) in [6.45, 7) is 0.971. The molecule has 0 unspecified atom stereocenters. The highest BCUT2D eigenvalue weighted by Gasteiger charge is 2.19. The monoisotopic (exact) mass is 434 g/mol. The summed E-state index contributed by atoms with van der Waals surface area (Å²) in [5, 5.41) is 3.06. The molecule has 10 heteroatoms. The van der Waals surface area contributed by atoms with Crippen molar-refractivity contribution in [2.45, 2.75) is 11.3 Å². The number of amides is 1. The first-order valence-electron chi connectivity index (χ1n) is 8.81. The van der Waals surface area contributed by atoms with Crippen LogP contribution < -0.4 is 19.5 Å². The molecule has 1 N–H and O–H groups in total. The number of anilines is 1. The third kappa shape index (κ3) is 4.28. The fourth-order valence-corrected chi connectivity index (χ4v) is 4.96. The predicted octanol–water partition coefficient (Wildman–Crippen LogP) is 2.88. The van der Waals surface area contributed by atoms with Crippen LogP contribution in [-0.2, 0) is 14.6 Å². The van der Waals surface area contributed by atoms with E-state index >= 15 is 0 Å². The lowest BCUT2D eigenvalue weighted by Gasteiger charge is -2.17. The smallest absolute Gasteiger partial charge is 0.227 e. The Hall–Kier alpha value is -2.85. The van der Waals surface area contributed by atoms with Crippen molar-refractivity contribution >= 4 is 42.4 Å². The van der Waals surface area contributed by atoms with E-state index in [9.17, 15) is 13.2 Å². The second-order valence-corrected chi connectivity index (χ2v) is 9.41. The van der Waals surface area contributed by atoms with Gasteiger partial charge in [0, 0.05) is 18.6 Å². The Morgan fingerprint density at radius 1 is 1.17 bits per heavy atom. The first-order chi connectivity index (χ1) is 13.9.